The number of rotatable bonds is 6. The van der Waals surface area contributed by atoms with E-state index in [-0.39, 0.29) is 29.2 Å². The first-order valence-corrected chi connectivity index (χ1v) is 10.2. The summed E-state index contributed by atoms with van der Waals surface area (Å²) in [5.41, 5.74) is 1.63. The van der Waals surface area contributed by atoms with E-state index in [0.29, 0.717) is 11.1 Å². The molecule has 1 aliphatic carbocycles. The van der Waals surface area contributed by atoms with Crippen LogP contribution < -0.4 is 0 Å². The fourth-order valence-electron chi connectivity index (χ4n) is 3.77. The fraction of sp³-hybridized carbons (Fsp3) is 0.263. The van der Waals surface area contributed by atoms with Gasteiger partial charge in [-0.3, -0.25) is 4.57 Å². The van der Waals surface area contributed by atoms with Crippen molar-refractivity contribution in [2.24, 2.45) is 0 Å². The first-order valence-electron chi connectivity index (χ1n) is 8.69. The Hall–Kier alpha value is -2.67. The molecule has 2 N–H and O–H groups in total. The second-order valence-corrected chi connectivity index (χ2v) is 8.16. The molecule has 0 heterocycles. The van der Waals surface area contributed by atoms with Crippen LogP contribution in [-0.4, -0.2) is 40.5 Å². The SMILES string of the molecule is CCOP(=O)(OCC)C1(N(C(=O)O)C(=O)O)c2ccccc2-c2ccccc21. The average molecular weight is 405 g/mol. The summed E-state index contributed by atoms with van der Waals surface area (Å²) in [5, 5.41) is 17.5. The molecule has 0 unspecified atom stereocenters. The van der Waals surface area contributed by atoms with Crippen LogP contribution >= 0.6 is 7.60 Å². The molecule has 3 rings (SSSR count). The van der Waals surface area contributed by atoms with Crippen molar-refractivity contribution in [2.75, 3.05) is 13.2 Å². The zero-order valence-corrected chi connectivity index (χ0v) is 16.3. The van der Waals surface area contributed by atoms with Crippen molar-refractivity contribution in [1.29, 1.82) is 0 Å². The van der Waals surface area contributed by atoms with Crippen molar-refractivity contribution < 1.29 is 33.4 Å². The first kappa shape index (κ1) is 20.1. The van der Waals surface area contributed by atoms with Crippen molar-refractivity contribution in [1.82, 2.24) is 4.90 Å². The summed E-state index contributed by atoms with van der Waals surface area (Å²) in [6, 6.07) is 13.3. The number of nitrogens with zero attached hydrogens (tertiary/aromatic N) is 1. The monoisotopic (exact) mass is 405 g/mol. The van der Waals surface area contributed by atoms with Crippen LogP contribution in [0.5, 0.6) is 0 Å². The van der Waals surface area contributed by atoms with E-state index in [9.17, 15) is 24.4 Å². The van der Waals surface area contributed by atoms with E-state index in [2.05, 4.69) is 0 Å². The molecule has 0 spiro atoms. The van der Waals surface area contributed by atoms with Crippen LogP contribution in [0.1, 0.15) is 25.0 Å². The molecule has 0 saturated heterocycles. The Labute approximate surface area is 161 Å². The van der Waals surface area contributed by atoms with Gasteiger partial charge < -0.3 is 19.3 Å². The molecule has 9 heteroatoms. The van der Waals surface area contributed by atoms with Gasteiger partial charge in [0, 0.05) is 11.1 Å². The smallest absolute Gasteiger partial charge is 0.418 e. The third-order valence-corrected chi connectivity index (χ3v) is 7.27. The standard InChI is InChI=1S/C19H20NO7P/c1-3-26-28(25,27-4-2)19(20(17(21)22)18(23)24)15-11-7-5-9-13(15)14-10-6-8-12-16(14)19/h5-12H,3-4H2,1-2H3,(H,21,22)(H,23,24). The largest absolute Gasteiger partial charge is 0.464 e. The van der Waals surface area contributed by atoms with E-state index < -0.39 is 25.1 Å². The van der Waals surface area contributed by atoms with Gasteiger partial charge in [0.2, 0.25) is 5.28 Å². The normalized spacial score (nSPS) is 14.2. The van der Waals surface area contributed by atoms with Gasteiger partial charge in [0.25, 0.3) is 0 Å². The van der Waals surface area contributed by atoms with Crippen LogP contribution in [-0.2, 0) is 18.9 Å². The highest BCUT2D eigenvalue weighted by Gasteiger charge is 2.66. The number of fused-ring (bicyclic) bond motifs is 3. The number of imide groups is 1. The third-order valence-electron chi connectivity index (χ3n) is 4.60. The highest BCUT2D eigenvalue weighted by molar-refractivity contribution is 7.55. The van der Waals surface area contributed by atoms with Crippen LogP contribution in [0, 0.1) is 0 Å². The first-order chi connectivity index (χ1) is 13.3. The lowest BCUT2D eigenvalue weighted by molar-refractivity contribution is 0.0879. The second-order valence-electron chi connectivity index (χ2n) is 6.00. The Morgan fingerprint density at radius 1 is 0.893 bits per heavy atom. The second kappa shape index (κ2) is 7.39. The molecule has 1 aliphatic rings. The minimum atomic E-state index is -4.36. The predicted molar refractivity (Wildman–Crippen MR) is 101 cm³/mol. The van der Waals surface area contributed by atoms with Crippen LogP contribution in [0.25, 0.3) is 11.1 Å². The van der Waals surface area contributed by atoms with Crippen molar-refractivity contribution in [3.63, 3.8) is 0 Å². The molecule has 148 valence electrons. The molecule has 0 fully saturated rings. The van der Waals surface area contributed by atoms with E-state index in [1.165, 1.54) is 0 Å². The minimum Gasteiger partial charge on any atom is -0.464 e. The van der Waals surface area contributed by atoms with Crippen LogP contribution in [0.2, 0.25) is 0 Å². The van der Waals surface area contributed by atoms with Crippen molar-refractivity contribution >= 4 is 19.8 Å². The van der Waals surface area contributed by atoms with Gasteiger partial charge in [0.1, 0.15) is 0 Å². The Morgan fingerprint density at radius 3 is 1.64 bits per heavy atom. The maximum absolute atomic E-state index is 14.1. The summed E-state index contributed by atoms with van der Waals surface area (Å²) in [4.78, 5) is 24.4. The van der Waals surface area contributed by atoms with Gasteiger partial charge >= 0.3 is 19.8 Å². The lowest BCUT2D eigenvalue weighted by Gasteiger charge is -2.41. The summed E-state index contributed by atoms with van der Waals surface area (Å²) in [6.07, 6.45) is -3.56. The topological polar surface area (TPSA) is 113 Å². The van der Waals surface area contributed by atoms with Gasteiger partial charge in [0.15, 0.2) is 0 Å². The average Bonchev–Trinajstić information content (AvgIpc) is 2.94. The zero-order valence-electron chi connectivity index (χ0n) is 15.4. The summed E-state index contributed by atoms with van der Waals surface area (Å²) in [6.45, 7) is 3.04. The molecule has 28 heavy (non-hydrogen) atoms. The molecule has 0 aromatic heterocycles. The summed E-state index contributed by atoms with van der Waals surface area (Å²) in [7, 11) is -4.36. The molecular formula is C19H20NO7P. The van der Waals surface area contributed by atoms with E-state index in [1.54, 1.807) is 62.4 Å². The Bertz CT molecular complexity index is 905. The highest BCUT2D eigenvalue weighted by Crippen LogP contribution is 2.73. The van der Waals surface area contributed by atoms with E-state index in [1.807, 2.05) is 0 Å². The Kier molecular flexibility index (Phi) is 5.30. The maximum Gasteiger partial charge on any atom is 0.418 e. The molecule has 0 aliphatic heterocycles. The van der Waals surface area contributed by atoms with Gasteiger partial charge in [-0.05, 0) is 25.0 Å². The van der Waals surface area contributed by atoms with Crippen molar-refractivity contribution in [3.05, 3.63) is 59.7 Å². The molecule has 0 radical (unpaired) electrons. The van der Waals surface area contributed by atoms with Crippen molar-refractivity contribution in [3.8, 4) is 11.1 Å². The van der Waals surface area contributed by atoms with E-state index in [0.717, 1.165) is 0 Å². The Balaban J connectivity index is 2.53. The quantitative estimate of drug-likeness (QED) is 0.664. The maximum atomic E-state index is 14.1. The number of benzene rings is 2. The fourth-order valence-corrected chi connectivity index (χ4v) is 6.29. The van der Waals surface area contributed by atoms with Crippen LogP contribution in [0.15, 0.2) is 48.5 Å². The van der Waals surface area contributed by atoms with Gasteiger partial charge in [-0.25, -0.2) is 9.59 Å². The summed E-state index contributed by atoms with van der Waals surface area (Å²) in [5.74, 6) is 0. The zero-order chi connectivity index (χ0) is 20.5. The molecule has 0 atom stereocenters. The van der Waals surface area contributed by atoms with Crippen molar-refractivity contribution in [2.45, 2.75) is 19.1 Å². The number of carbonyl (C=O) groups is 2. The van der Waals surface area contributed by atoms with Gasteiger partial charge in [0.05, 0.1) is 13.2 Å². The minimum absolute atomic E-state index is 0.0591. The van der Waals surface area contributed by atoms with E-state index in [4.69, 9.17) is 9.05 Å². The lowest BCUT2D eigenvalue weighted by Crippen LogP contribution is -2.52. The van der Waals surface area contributed by atoms with Crippen LogP contribution in [0.4, 0.5) is 9.59 Å². The third kappa shape index (κ3) is 2.64. The van der Waals surface area contributed by atoms with Gasteiger partial charge in [-0.1, -0.05) is 48.5 Å². The van der Waals surface area contributed by atoms with E-state index >= 15 is 0 Å². The molecule has 8 nitrogen and oxygen atoms in total. The number of hydrogen-bond donors (Lipinski definition) is 2. The van der Waals surface area contributed by atoms with Gasteiger partial charge in [-0.2, -0.15) is 4.90 Å². The predicted octanol–water partition coefficient (Wildman–Crippen LogP) is 4.79. The van der Waals surface area contributed by atoms with Crippen LogP contribution in [0.3, 0.4) is 0 Å². The van der Waals surface area contributed by atoms with Gasteiger partial charge in [-0.15, -0.1) is 0 Å². The number of amides is 2. The molecule has 2 amide bonds. The molecular weight excluding hydrogens is 385 g/mol. The highest BCUT2D eigenvalue weighted by atomic mass is 31.2. The summed E-state index contributed by atoms with van der Waals surface area (Å²) >= 11 is 0. The molecule has 2 aromatic carbocycles. The molecule has 0 saturated carbocycles. The Morgan fingerprint density at radius 2 is 1.29 bits per heavy atom. The molecule has 2 aromatic rings. The molecule has 0 bridgehead atoms. The number of carboxylic acid groups (broad SMARTS) is 2. The lowest BCUT2D eigenvalue weighted by atomic mass is 10.0. The summed E-state index contributed by atoms with van der Waals surface area (Å²) < 4.78 is 25.1. The number of hydrogen-bond acceptors (Lipinski definition) is 5.